The number of benzene rings is 1. The van der Waals surface area contributed by atoms with Crippen molar-refractivity contribution in [3.05, 3.63) is 18.5 Å². The van der Waals surface area contributed by atoms with Gasteiger partial charge in [-0.15, -0.1) is 0 Å². The average Bonchev–Trinajstić information content (AvgIpc) is 3.11. The second-order valence-corrected chi connectivity index (χ2v) is 8.55. The summed E-state index contributed by atoms with van der Waals surface area (Å²) in [6, 6.07) is 3.70. The number of methoxy groups -OCH3 is 2. The van der Waals surface area contributed by atoms with Gasteiger partial charge in [0.05, 0.1) is 19.7 Å². The quantitative estimate of drug-likeness (QED) is 0.683. The molecule has 1 aromatic heterocycles. The normalized spacial score (nSPS) is 20.8. The van der Waals surface area contributed by atoms with Crippen molar-refractivity contribution in [2.24, 2.45) is 5.92 Å². The molecule has 2 unspecified atom stereocenters. The second-order valence-electron chi connectivity index (χ2n) is 8.16. The van der Waals surface area contributed by atoms with Crippen LogP contribution in [0.4, 0.5) is 5.82 Å². The van der Waals surface area contributed by atoms with E-state index in [1.165, 1.54) is 0 Å². The summed E-state index contributed by atoms with van der Waals surface area (Å²) in [7, 11) is 3.23. The van der Waals surface area contributed by atoms with Crippen LogP contribution < -0.4 is 19.7 Å². The van der Waals surface area contributed by atoms with Gasteiger partial charge >= 0.3 is 0 Å². The highest BCUT2D eigenvalue weighted by atomic mass is 32.1. The third-order valence-corrected chi connectivity index (χ3v) is 6.78. The zero-order valence-corrected chi connectivity index (χ0v) is 19.2. The van der Waals surface area contributed by atoms with E-state index in [-0.39, 0.29) is 23.9 Å². The summed E-state index contributed by atoms with van der Waals surface area (Å²) in [5, 5.41) is 4.73. The number of rotatable bonds is 6. The fourth-order valence-electron chi connectivity index (χ4n) is 4.44. The standard InChI is InChI=1S/C22H29N5O3S/c1-5-13(2)19-21(28)27(22(31)25-19)14-6-8-26(9-7-14)20-15-10-17(29-3)18(30-4)11-16(15)23-12-24-20/h10-14,19H,5-9H2,1-4H3,(H,25,31). The molecule has 0 saturated carbocycles. The molecule has 0 bridgehead atoms. The highest BCUT2D eigenvalue weighted by molar-refractivity contribution is 7.80. The van der Waals surface area contributed by atoms with E-state index in [9.17, 15) is 4.79 Å². The predicted molar refractivity (Wildman–Crippen MR) is 124 cm³/mol. The molecular formula is C22H29N5O3S. The Hall–Kier alpha value is -2.68. The number of amides is 1. The average molecular weight is 444 g/mol. The summed E-state index contributed by atoms with van der Waals surface area (Å²) in [5.74, 6) is 2.53. The Labute approximate surface area is 187 Å². The van der Waals surface area contributed by atoms with Gasteiger partial charge in [0.2, 0.25) is 0 Å². The number of ether oxygens (including phenoxy) is 2. The molecule has 4 rings (SSSR count). The Morgan fingerprint density at radius 2 is 1.87 bits per heavy atom. The molecule has 2 atom stereocenters. The van der Waals surface area contributed by atoms with Crippen LogP contribution in [0.25, 0.3) is 10.9 Å². The Morgan fingerprint density at radius 3 is 2.52 bits per heavy atom. The van der Waals surface area contributed by atoms with Crippen molar-refractivity contribution in [3.63, 3.8) is 0 Å². The number of nitrogens with zero attached hydrogens (tertiary/aromatic N) is 4. The summed E-state index contributed by atoms with van der Waals surface area (Å²) in [4.78, 5) is 26.0. The predicted octanol–water partition coefficient (Wildman–Crippen LogP) is 2.75. The number of hydrogen-bond acceptors (Lipinski definition) is 7. The van der Waals surface area contributed by atoms with Crippen molar-refractivity contribution in [2.75, 3.05) is 32.2 Å². The van der Waals surface area contributed by atoms with Crippen LogP contribution in [0, 0.1) is 5.92 Å². The molecule has 0 radical (unpaired) electrons. The highest BCUT2D eigenvalue weighted by Gasteiger charge is 2.42. The van der Waals surface area contributed by atoms with E-state index in [0.717, 1.165) is 49.1 Å². The minimum absolute atomic E-state index is 0.112. The van der Waals surface area contributed by atoms with Crippen LogP contribution in [0.3, 0.4) is 0 Å². The van der Waals surface area contributed by atoms with E-state index in [1.54, 1.807) is 20.5 Å². The minimum atomic E-state index is -0.205. The lowest BCUT2D eigenvalue weighted by molar-refractivity contribution is -0.129. The topological polar surface area (TPSA) is 79.8 Å². The molecule has 2 saturated heterocycles. The highest BCUT2D eigenvalue weighted by Crippen LogP contribution is 2.36. The molecule has 0 aliphatic carbocycles. The van der Waals surface area contributed by atoms with E-state index in [4.69, 9.17) is 21.7 Å². The van der Waals surface area contributed by atoms with Crippen molar-refractivity contribution in [1.82, 2.24) is 20.2 Å². The van der Waals surface area contributed by atoms with Crippen LogP contribution in [0.1, 0.15) is 33.1 Å². The first-order chi connectivity index (χ1) is 15.0. The van der Waals surface area contributed by atoms with E-state index < -0.39 is 0 Å². The number of carbonyl (C=O) groups is 1. The number of carbonyl (C=O) groups excluding carboxylic acids is 1. The van der Waals surface area contributed by atoms with Crippen molar-refractivity contribution >= 4 is 40.0 Å². The first-order valence-electron chi connectivity index (χ1n) is 10.7. The van der Waals surface area contributed by atoms with E-state index in [1.807, 2.05) is 17.0 Å². The summed E-state index contributed by atoms with van der Waals surface area (Å²) >= 11 is 5.51. The van der Waals surface area contributed by atoms with Crippen molar-refractivity contribution in [1.29, 1.82) is 0 Å². The Bertz CT molecular complexity index is 993. The number of fused-ring (bicyclic) bond motifs is 1. The SMILES string of the molecule is CCC(C)C1NC(=S)N(C2CCN(c3ncnc4cc(OC)c(OC)cc34)CC2)C1=O. The molecule has 1 aromatic carbocycles. The number of piperidine rings is 1. The number of anilines is 1. The summed E-state index contributed by atoms with van der Waals surface area (Å²) < 4.78 is 10.9. The van der Waals surface area contributed by atoms with Crippen LogP contribution in [0.5, 0.6) is 11.5 Å². The molecule has 2 aliphatic rings. The van der Waals surface area contributed by atoms with Gasteiger partial charge in [-0.25, -0.2) is 9.97 Å². The van der Waals surface area contributed by atoms with Gasteiger partial charge in [0, 0.05) is 30.6 Å². The monoisotopic (exact) mass is 443 g/mol. The molecule has 2 aromatic rings. The van der Waals surface area contributed by atoms with Crippen LogP contribution in [0.2, 0.25) is 0 Å². The summed E-state index contributed by atoms with van der Waals surface area (Å²) in [6.45, 7) is 5.76. The Morgan fingerprint density at radius 1 is 1.19 bits per heavy atom. The number of aromatic nitrogens is 2. The zero-order chi connectivity index (χ0) is 22.1. The smallest absolute Gasteiger partial charge is 0.251 e. The lowest BCUT2D eigenvalue weighted by Gasteiger charge is -2.37. The van der Waals surface area contributed by atoms with E-state index in [0.29, 0.717) is 16.6 Å². The molecule has 2 aliphatic heterocycles. The molecule has 9 heteroatoms. The molecule has 1 amide bonds. The van der Waals surface area contributed by atoms with Gasteiger partial charge in [0.1, 0.15) is 18.2 Å². The third kappa shape index (κ3) is 3.86. The fourth-order valence-corrected chi connectivity index (χ4v) is 4.80. The molecule has 0 spiro atoms. The maximum absolute atomic E-state index is 13.0. The molecule has 1 N–H and O–H groups in total. The summed E-state index contributed by atoms with van der Waals surface area (Å²) in [5.41, 5.74) is 0.807. The molecule has 2 fully saturated rings. The second kappa shape index (κ2) is 8.82. The fraction of sp³-hybridized carbons (Fsp3) is 0.545. The molecule has 3 heterocycles. The Kier molecular flexibility index (Phi) is 6.13. The van der Waals surface area contributed by atoms with Crippen LogP contribution in [-0.4, -0.2) is 65.3 Å². The molecular weight excluding hydrogens is 414 g/mol. The third-order valence-electron chi connectivity index (χ3n) is 6.46. The van der Waals surface area contributed by atoms with Gasteiger partial charge in [-0.05, 0) is 37.0 Å². The van der Waals surface area contributed by atoms with Crippen molar-refractivity contribution < 1.29 is 14.3 Å². The molecule has 8 nitrogen and oxygen atoms in total. The zero-order valence-electron chi connectivity index (χ0n) is 18.4. The van der Waals surface area contributed by atoms with E-state index >= 15 is 0 Å². The Balaban J connectivity index is 1.52. The maximum Gasteiger partial charge on any atom is 0.251 e. The van der Waals surface area contributed by atoms with Crippen molar-refractivity contribution in [2.45, 2.75) is 45.2 Å². The van der Waals surface area contributed by atoms with Crippen molar-refractivity contribution in [3.8, 4) is 11.5 Å². The number of hydrogen-bond donors (Lipinski definition) is 1. The first kappa shape index (κ1) is 21.5. The van der Waals surface area contributed by atoms with Gasteiger partial charge in [0.15, 0.2) is 16.6 Å². The van der Waals surface area contributed by atoms with Gasteiger partial charge < -0.3 is 19.7 Å². The number of thiocarbonyl (C=S) groups is 1. The molecule has 31 heavy (non-hydrogen) atoms. The van der Waals surface area contributed by atoms with E-state index in [2.05, 4.69) is 34.0 Å². The molecule has 166 valence electrons. The first-order valence-corrected chi connectivity index (χ1v) is 11.1. The van der Waals surface area contributed by atoms with Gasteiger partial charge in [-0.1, -0.05) is 20.3 Å². The summed E-state index contributed by atoms with van der Waals surface area (Å²) in [6.07, 6.45) is 4.18. The van der Waals surface area contributed by atoms with Gasteiger partial charge in [0.25, 0.3) is 5.91 Å². The van der Waals surface area contributed by atoms with Gasteiger partial charge in [-0.2, -0.15) is 0 Å². The number of nitrogens with one attached hydrogen (secondary N) is 1. The lowest BCUT2D eigenvalue weighted by Crippen LogP contribution is -2.48. The van der Waals surface area contributed by atoms with Crippen LogP contribution in [-0.2, 0) is 4.79 Å². The maximum atomic E-state index is 13.0. The van der Waals surface area contributed by atoms with Crippen LogP contribution >= 0.6 is 12.2 Å². The van der Waals surface area contributed by atoms with Gasteiger partial charge in [-0.3, -0.25) is 9.69 Å². The van der Waals surface area contributed by atoms with Crippen LogP contribution in [0.15, 0.2) is 18.5 Å². The largest absolute Gasteiger partial charge is 0.493 e. The minimum Gasteiger partial charge on any atom is -0.493 e. The lowest BCUT2D eigenvalue weighted by atomic mass is 9.98.